The number of hydrogen-bond donors (Lipinski definition) is 1. The van der Waals surface area contributed by atoms with Gasteiger partial charge in [0.15, 0.2) is 0 Å². The van der Waals surface area contributed by atoms with E-state index < -0.39 is 11.6 Å². The van der Waals surface area contributed by atoms with Crippen molar-refractivity contribution in [1.29, 1.82) is 0 Å². The number of aromatic nitrogens is 4. The molecular formula is C7H4BrF2N5. The molecule has 0 bridgehead atoms. The van der Waals surface area contributed by atoms with Crippen LogP contribution in [0.1, 0.15) is 0 Å². The summed E-state index contributed by atoms with van der Waals surface area (Å²) >= 11 is 2.85. The van der Waals surface area contributed by atoms with Crippen LogP contribution >= 0.6 is 15.9 Å². The first-order chi connectivity index (χ1) is 7.09. The molecule has 0 saturated carbocycles. The van der Waals surface area contributed by atoms with E-state index in [9.17, 15) is 8.78 Å². The molecule has 0 aliphatic rings. The minimum atomic E-state index is -0.678. The summed E-state index contributed by atoms with van der Waals surface area (Å²) in [6, 6.07) is 1.93. The Balaban J connectivity index is 2.64. The highest BCUT2D eigenvalue weighted by molar-refractivity contribution is 9.10. The molecule has 0 spiro atoms. The first-order valence-corrected chi connectivity index (χ1v) is 4.57. The van der Waals surface area contributed by atoms with Gasteiger partial charge in [0.1, 0.15) is 17.3 Å². The molecule has 8 heteroatoms. The SMILES string of the molecule is Nc1nnnn1-c1cc(F)c(Br)cc1F. The Labute approximate surface area is 91.0 Å². The lowest BCUT2D eigenvalue weighted by Gasteiger charge is -2.04. The van der Waals surface area contributed by atoms with Crippen LogP contribution in [-0.2, 0) is 0 Å². The van der Waals surface area contributed by atoms with E-state index in [1.165, 1.54) is 0 Å². The number of nitrogen functional groups attached to an aromatic ring is 1. The zero-order valence-electron chi connectivity index (χ0n) is 7.15. The van der Waals surface area contributed by atoms with Gasteiger partial charge in [-0.2, -0.15) is 4.68 Å². The van der Waals surface area contributed by atoms with E-state index in [1.54, 1.807) is 0 Å². The van der Waals surface area contributed by atoms with Crippen molar-refractivity contribution in [2.24, 2.45) is 0 Å². The molecule has 1 aromatic heterocycles. The van der Waals surface area contributed by atoms with E-state index in [4.69, 9.17) is 5.73 Å². The highest BCUT2D eigenvalue weighted by atomic mass is 79.9. The molecule has 0 atom stereocenters. The molecule has 0 aliphatic carbocycles. The number of halogens is 3. The summed E-state index contributed by atoms with van der Waals surface area (Å²) in [7, 11) is 0. The molecule has 2 rings (SSSR count). The normalized spacial score (nSPS) is 10.6. The monoisotopic (exact) mass is 275 g/mol. The summed E-state index contributed by atoms with van der Waals surface area (Å²) in [5.74, 6) is -1.42. The van der Waals surface area contributed by atoms with Gasteiger partial charge in [-0.3, -0.25) is 0 Å². The minimum Gasteiger partial charge on any atom is -0.366 e. The Bertz CT molecular complexity index is 512. The largest absolute Gasteiger partial charge is 0.366 e. The Hall–Kier alpha value is -1.57. The Kier molecular flexibility index (Phi) is 2.35. The van der Waals surface area contributed by atoms with Crippen LogP contribution in [0.2, 0.25) is 0 Å². The lowest BCUT2D eigenvalue weighted by atomic mass is 10.3. The number of tetrazole rings is 1. The van der Waals surface area contributed by atoms with Crippen LogP contribution < -0.4 is 5.73 Å². The number of hydrogen-bond acceptors (Lipinski definition) is 4. The predicted molar refractivity (Wildman–Crippen MR) is 51.2 cm³/mol. The standard InChI is InChI=1S/C7H4BrF2N5/c8-3-1-5(10)6(2-4(3)9)15-7(11)12-13-14-15/h1-2H,(H2,11,12,14). The fourth-order valence-electron chi connectivity index (χ4n) is 1.04. The topological polar surface area (TPSA) is 69.6 Å². The van der Waals surface area contributed by atoms with Gasteiger partial charge < -0.3 is 5.73 Å². The second kappa shape index (κ2) is 3.54. The molecule has 1 aromatic carbocycles. The summed E-state index contributed by atoms with van der Waals surface area (Å²) in [4.78, 5) is 0. The second-order valence-corrected chi connectivity index (χ2v) is 3.52. The Morgan fingerprint density at radius 2 is 2.00 bits per heavy atom. The van der Waals surface area contributed by atoms with Gasteiger partial charge in [0.2, 0.25) is 5.95 Å². The number of benzene rings is 1. The van der Waals surface area contributed by atoms with E-state index >= 15 is 0 Å². The maximum Gasteiger partial charge on any atom is 0.245 e. The predicted octanol–water partition coefficient (Wildman–Crippen LogP) is 1.29. The second-order valence-electron chi connectivity index (χ2n) is 2.67. The molecule has 15 heavy (non-hydrogen) atoms. The average Bonchev–Trinajstić information content (AvgIpc) is 2.58. The molecule has 0 radical (unpaired) electrons. The van der Waals surface area contributed by atoms with E-state index in [2.05, 4.69) is 31.5 Å². The van der Waals surface area contributed by atoms with Crippen molar-refractivity contribution in [3.8, 4) is 5.69 Å². The fraction of sp³-hybridized carbons (Fsp3) is 0. The fourth-order valence-corrected chi connectivity index (χ4v) is 1.36. The molecule has 0 unspecified atom stereocenters. The van der Waals surface area contributed by atoms with E-state index in [0.717, 1.165) is 16.8 Å². The smallest absolute Gasteiger partial charge is 0.245 e. The molecule has 78 valence electrons. The summed E-state index contributed by atoms with van der Waals surface area (Å²) in [6.45, 7) is 0. The first kappa shape index (κ1) is 9.97. The first-order valence-electron chi connectivity index (χ1n) is 3.78. The summed E-state index contributed by atoms with van der Waals surface area (Å²) in [5.41, 5.74) is 5.22. The molecule has 1 heterocycles. The van der Waals surface area contributed by atoms with Gasteiger partial charge in [-0.05, 0) is 32.4 Å². The van der Waals surface area contributed by atoms with Crippen molar-refractivity contribution in [2.75, 3.05) is 5.73 Å². The molecule has 0 fully saturated rings. The average molecular weight is 276 g/mol. The molecular weight excluding hydrogens is 272 g/mol. The zero-order valence-corrected chi connectivity index (χ0v) is 8.74. The lowest BCUT2D eigenvalue weighted by Crippen LogP contribution is -2.05. The Morgan fingerprint density at radius 1 is 1.27 bits per heavy atom. The van der Waals surface area contributed by atoms with Gasteiger partial charge in [0.05, 0.1) is 4.47 Å². The number of anilines is 1. The van der Waals surface area contributed by atoms with Crippen LogP contribution in [0, 0.1) is 11.6 Å². The third-order valence-electron chi connectivity index (χ3n) is 1.71. The van der Waals surface area contributed by atoms with Crippen molar-refractivity contribution in [3.63, 3.8) is 0 Å². The van der Waals surface area contributed by atoms with Crippen molar-refractivity contribution < 1.29 is 8.78 Å². The maximum atomic E-state index is 13.4. The quantitative estimate of drug-likeness (QED) is 0.797. The van der Waals surface area contributed by atoms with Crippen LogP contribution in [0.3, 0.4) is 0 Å². The molecule has 0 saturated heterocycles. The van der Waals surface area contributed by atoms with Gasteiger partial charge in [-0.15, -0.1) is 0 Å². The van der Waals surface area contributed by atoms with Gasteiger partial charge in [-0.1, -0.05) is 5.10 Å². The van der Waals surface area contributed by atoms with E-state index in [-0.39, 0.29) is 16.1 Å². The van der Waals surface area contributed by atoms with Crippen molar-refractivity contribution in [1.82, 2.24) is 20.2 Å². The van der Waals surface area contributed by atoms with Gasteiger partial charge in [-0.25, -0.2) is 8.78 Å². The zero-order chi connectivity index (χ0) is 11.0. The third kappa shape index (κ3) is 1.67. The Morgan fingerprint density at radius 3 is 2.60 bits per heavy atom. The van der Waals surface area contributed by atoms with Gasteiger partial charge in [0, 0.05) is 6.07 Å². The van der Waals surface area contributed by atoms with E-state index in [1.807, 2.05) is 0 Å². The van der Waals surface area contributed by atoms with Crippen LogP contribution in [0.25, 0.3) is 5.69 Å². The molecule has 2 aromatic rings. The van der Waals surface area contributed by atoms with E-state index in [0.29, 0.717) is 0 Å². The van der Waals surface area contributed by atoms with Crippen LogP contribution in [0.15, 0.2) is 16.6 Å². The van der Waals surface area contributed by atoms with Gasteiger partial charge in [0.25, 0.3) is 0 Å². The molecule has 5 nitrogen and oxygen atoms in total. The highest BCUT2D eigenvalue weighted by Gasteiger charge is 2.13. The maximum absolute atomic E-state index is 13.4. The van der Waals surface area contributed by atoms with Crippen LogP contribution in [0.5, 0.6) is 0 Å². The lowest BCUT2D eigenvalue weighted by molar-refractivity contribution is 0.580. The summed E-state index contributed by atoms with van der Waals surface area (Å²) < 4.78 is 27.5. The minimum absolute atomic E-state index is 0.0235. The third-order valence-corrected chi connectivity index (χ3v) is 2.32. The number of rotatable bonds is 1. The molecule has 0 amide bonds. The van der Waals surface area contributed by atoms with Crippen molar-refractivity contribution in [3.05, 3.63) is 28.2 Å². The summed E-state index contributed by atoms with van der Waals surface area (Å²) in [5, 5.41) is 10.0. The van der Waals surface area contributed by atoms with Gasteiger partial charge >= 0.3 is 0 Å². The summed E-state index contributed by atoms with van der Waals surface area (Å²) in [6.07, 6.45) is 0. The van der Waals surface area contributed by atoms with Crippen LogP contribution in [-0.4, -0.2) is 20.2 Å². The van der Waals surface area contributed by atoms with Crippen LogP contribution in [0.4, 0.5) is 14.7 Å². The molecule has 2 N–H and O–H groups in total. The number of nitrogens with zero attached hydrogens (tertiary/aromatic N) is 4. The highest BCUT2D eigenvalue weighted by Crippen LogP contribution is 2.22. The molecule has 0 aliphatic heterocycles. The van der Waals surface area contributed by atoms with Crippen molar-refractivity contribution >= 4 is 21.9 Å². The number of nitrogens with two attached hydrogens (primary N) is 1. The van der Waals surface area contributed by atoms with Crippen molar-refractivity contribution in [2.45, 2.75) is 0 Å².